The van der Waals surface area contributed by atoms with Crippen LogP contribution in [0.3, 0.4) is 0 Å². The third kappa shape index (κ3) is 5.28. The molecule has 0 aliphatic heterocycles. The third-order valence-corrected chi connectivity index (χ3v) is 4.69. The minimum absolute atomic E-state index is 0.119. The Labute approximate surface area is 123 Å². The molecule has 120 valence electrons. The van der Waals surface area contributed by atoms with E-state index < -0.39 is 6.43 Å². The summed E-state index contributed by atoms with van der Waals surface area (Å²) in [5, 5.41) is 3.56. The SMILES string of the molecule is CCCNC1CCC(C(C)(C)C)CC1N(C)CC(F)F. The van der Waals surface area contributed by atoms with Crippen molar-refractivity contribution in [1.29, 1.82) is 0 Å². The molecule has 20 heavy (non-hydrogen) atoms. The molecule has 0 bridgehead atoms. The summed E-state index contributed by atoms with van der Waals surface area (Å²) < 4.78 is 25.4. The lowest BCUT2D eigenvalue weighted by molar-refractivity contribution is 0.0313. The second-order valence-corrected chi connectivity index (χ2v) is 7.33. The Morgan fingerprint density at radius 3 is 2.40 bits per heavy atom. The predicted octanol–water partition coefficient (Wildman–Crippen LogP) is 3.77. The molecular formula is C16H32F2N2. The van der Waals surface area contributed by atoms with Crippen molar-refractivity contribution in [2.24, 2.45) is 11.3 Å². The van der Waals surface area contributed by atoms with E-state index in [1.54, 1.807) is 0 Å². The van der Waals surface area contributed by atoms with Crippen LogP contribution in [-0.4, -0.2) is 43.5 Å². The summed E-state index contributed by atoms with van der Waals surface area (Å²) in [6.45, 7) is 9.80. The van der Waals surface area contributed by atoms with E-state index >= 15 is 0 Å². The number of likely N-dealkylation sites (N-methyl/N-ethyl adjacent to an activating group) is 1. The highest BCUT2D eigenvalue weighted by Crippen LogP contribution is 2.39. The second-order valence-electron chi connectivity index (χ2n) is 7.33. The molecule has 3 atom stereocenters. The van der Waals surface area contributed by atoms with Crippen LogP contribution in [0.2, 0.25) is 0 Å². The van der Waals surface area contributed by atoms with Gasteiger partial charge in [-0.1, -0.05) is 27.7 Å². The first kappa shape index (κ1) is 17.8. The molecule has 0 spiro atoms. The van der Waals surface area contributed by atoms with Gasteiger partial charge in [-0.25, -0.2) is 8.78 Å². The van der Waals surface area contributed by atoms with E-state index in [4.69, 9.17) is 0 Å². The molecule has 2 nitrogen and oxygen atoms in total. The predicted molar refractivity (Wildman–Crippen MR) is 81.3 cm³/mol. The largest absolute Gasteiger partial charge is 0.312 e. The fourth-order valence-corrected chi connectivity index (χ4v) is 3.34. The lowest BCUT2D eigenvalue weighted by atomic mass is 9.69. The molecule has 1 aliphatic carbocycles. The zero-order valence-corrected chi connectivity index (χ0v) is 13.8. The number of nitrogens with zero attached hydrogens (tertiary/aromatic N) is 1. The molecule has 4 heteroatoms. The average Bonchev–Trinajstić information content (AvgIpc) is 2.34. The monoisotopic (exact) mass is 290 g/mol. The van der Waals surface area contributed by atoms with Gasteiger partial charge in [0.25, 0.3) is 6.43 Å². The summed E-state index contributed by atoms with van der Waals surface area (Å²) in [5.41, 5.74) is 0.264. The third-order valence-electron chi connectivity index (χ3n) is 4.69. The molecule has 0 heterocycles. The van der Waals surface area contributed by atoms with Gasteiger partial charge in [0.2, 0.25) is 0 Å². The summed E-state index contributed by atoms with van der Waals surface area (Å²) in [6, 6.07) is 0.589. The number of halogens is 2. The zero-order chi connectivity index (χ0) is 15.3. The van der Waals surface area contributed by atoms with E-state index in [9.17, 15) is 8.78 Å². The molecular weight excluding hydrogens is 258 g/mol. The van der Waals surface area contributed by atoms with Gasteiger partial charge in [-0.2, -0.15) is 0 Å². The minimum atomic E-state index is -2.25. The van der Waals surface area contributed by atoms with E-state index in [1.165, 1.54) is 6.42 Å². The number of hydrogen-bond donors (Lipinski definition) is 1. The van der Waals surface area contributed by atoms with Crippen LogP contribution in [0.4, 0.5) is 8.78 Å². The fraction of sp³-hybridized carbons (Fsp3) is 1.00. The molecule has 0 radical (unpaired) electrons. The van der Waals surface area contributed by atoms with Crippen LogP contribution in [0.1, 0.15) is 53.4 Å². The number of hydrogen-bond acceptors (Lipinski definition) is 2. The van der Waals surface area contributed by atoms with Gasteiger partial charge >= 0.3 is 0 Å². The van der Waals surface area contributed by atoms with Crippen molar-refractivity contribution in [3.63, 3.8) is 0 Å². The smallest absolute Gasteiger partial charge is 0.251 e. The van der Waals surface area contributed by atoms with Gasteiger partial charge in [0, 0.05) is 12.1 Å². The maximum atomic E-state index is 12.7. The Morgan fingerprint density at radius 1 is 1.25 bits per heavy atom. The standard InChI is InChI=1S/C16H32F2N2/c1-6-9-19-13-8-7-12(16(2,3)4)10-14(13)20(5)11-15(17)18/h12-15,19H,6-11H2,1-5H3. The number of alkyl halides is 2. The van der Waals surface area contributed by atoms with Crippen LogP contribution in [-0.2, 0) is 0 Å². The summed E-state index contributed by atoms with van der Waals surface area (Å²) in [7, 11) is 1.85. The van der Waals surface area contributed by atoms with Crippen LogP contribution in [0.5, 0.6) is 0 Å². The summed E-state index contributed by atoms with van der Waals surface area (Å²) in [6.07, 6.45) is 2.16. The zero-order valence-electron chi connectivity index (χ0n) is 13.8. The highest BCUT2D eigenvalue weighted by atomic mass is 19.3. The molecule has 1 rings (SSSR count). The number of rotatable bonds is 6. The Kier molecular flexibility index (Phi) is 6.86. The summed E-state index contributed by atoms with van der Waals surface area (Å²) in [5.74, 6) is 0.618. The minimum Gasteiger partial charge on any atom is -0.312 e. The van der Waals surface area contributed by atoms with Gasteiger partial charge in [-0.3, -0.25) is 4.90 Å². The van der Waals surface area contributed by atoms with Crippen LogP contribution in [0.15, 0.2) is 0 Å². The van der Waals surface area contributed by atoms with Crippen molar-refractivity contribution >= 4 is 0 Å². The van der Waals surface area contributed by atoms with Crippen LogP contribution in [0.25, 0.3) is 0 Å². The van der Waals surface area contributed by atoms with E-state index in [2.05, 4.69) is 33.0 Å². The van der Waals surface area contributed by atoms with E-state index in [0.29, 0.717) is 12.0 Å². The van der Waals surface area contributed by atoms with E-state index in [0.717, 1.165) is 25.8 Å². The fourth-order valence-electron chi connectivity index (χ4n) is 3.34. The maximum absolute atomic E-state index is 12.7. The normalized spacial score (nSPS) is 28.4. The first-order valence-electron chi connectivity index (χ1n) is 7.97. The molecule has 1 aliphatic rings. The van der Waals surface area contributed by atoms with Gasteiger partial charge in [0.15, 0.2) is 0 Å². The molecule has 1 fully saturated rings. The molecule has 1 saturated carbocycles. The molecule has 3 unspecified atom stereocenters. The van der Waals surface area contributed by atoms with E-state index in [-0.39, 0.29) is 18.0 Å². The maximum Gasteiger partial charge on any atom is 0.251 e. The van der Waals surface area contributed by atoms with Gasteiger partial charge in [-0.05, 0) is 50.6 Å². The van der Waals surface area contributed by atoms with Gasteiger partial charge in [0.05, 0.1) is 6.54 Å². The van der Waals surface area contributed by atoms with E-state index in [1.807, 2.05) is 11.9 Å². The molecule has 0 aromatic heterocycles. The van der Waals surface area contributed by atoms with Crippen molar-refractivity contribution in [1.82, 2.24) is 10.2 Å². The summed E-state index contributed by atoms with van der Waals surface area (Å²) in [4.78, 5) is 1.87. The molecule has 0 aromatic rings. The van der Waals surface area contributed by atoms with Crippen molar-refractivity contribution in [2.45, 2.75) is 71.9 Å². The highest BCUT2D eigenvalue weighted by molar-refractivity contribution is 4.93. The van der Waals surface area contributed by atoms with Gasteiger partial charge in [0.1, 0.15) is 0 Å². The number of nitrogens with one attached hydrogen (secondary N) is 1. The van der Waals surface area contributed by atoms with Crippen LogP contribution < -0.4 is 5.32 Å². The van der Waals surface area contributed by atoms with Crippen LogP contribution in [0, 0.1) is 11.3 Å². The quantitative estimate of drug-likeness (QED) is 0.801. The van der Waals surface area contributed by atoms with Crippen LogP contribution >= 0.6 is 0 Å². The molecule has 1 N–H and O–H groups in total. The molecule has 0 aromatic carbocycles. The Hall–Kier alpha value is -0.220. The molecule has 0 saturated heterocycles. The van der Waals surface area contributed by atoms with Crippen molar-refractivity contribution < 1.29 is 8.78 Å². The Balaban J connectivity index is 2.72. The first-order valence-corrected chi connectivity index (χ1v) is 7.97. The average molecular weight is 290 g/mol. The first-order chi connectivity index (χ1) is 9.25. The van der Waals surface area contributed by atoms with Gasteiger partial charge in [-0.15, -0.1) is 0 Å². The van der Waals surface area contributed by atoms with Crippen molar-refractivity contribution in [3.05, 3.63) is 0 Å². The molecule has 0 amide bonds. The highest BCUT2D eigenvalue weighted by Gasteiger charge is 2.37. The second kappa shape index (κ2) is 7.69. The lowest BCUT2D eigenvalue weighted by Crippen LogP contribution is -2.54. The Morgan fingerprint density at radius 2 is 1.90 bits per heavy atom. The van der Waals surface area contributed by atoms with Gasteiger partial charge < -0.3 is 5.32 Å². The van der Waals surface area contributed by atoms with Crippen molar-refractivity contribution in [3.8, 4) is 0 Å². The lowest BCUT2D eigenvalue weighted by Gasteiger charge is -2.45. The van der Waals surface area contributed by atoms with Crippen molar-refractivity contribution in [2.75, 3.05) is 20.1 Å². The summed E-state index contributed by atoms with van der Waals surface area (Å²) >= 11 is 0. The topological polar surface area (TPSA) is 15.3 Å². The Bertz CT molecular complexity index is 276.